The summed E-state index contributed by atoms with van der Waals surface area (Å²) in [6.45, 7) is 6.48. The fourth-order valence-electron chi connectivity index (χ4n) is 4.46. The molecule has 8 heteroatoms. The van der Waals surface area contributed by atoms with E-state index in [0.717, 1.165) is 35.9 Å². The van der Waals surface area contributed by atoms with Crippen molar-refractivity contribution in [3.8, 4) is 11.3 Å². The van der Waals surface area contributed by atoms with Crippen LogP contribution < -0.4 is 15.6 Å². The maximum atomic E-state index is 13.0. The minimum absolute atomic E-state index is 0.0910. The van der Waals surface area contributed by atoms with E-state index < -0.39 is 5.91 Å². The van der Waals surface area contributed by atoms with Gasteiger partial charge in [0.25, 0.3) is 5.91 Å². The van der Waals surface area contributed by atoms with E-state index in [4.69, 9.17) is 0 Å². The van der Waals surface area contributed by atoms with Crippen LogP contribution in [0.5, 0.6) is 0 Å². The van der Waals surface area contributed by atoms with Gasteiger partial charge in [-0.1, -0.05) is 12.1 Å². The summed E-state index contributed by atoms with van der Waals surface area (Å²) in [4.78, 5) is 32.7. The third-order valence-electron chi connectivity index (χ3n) is 6.41. The Morgan fingerprint density at radius 2 is 1.74 bits per heavy atom. The molecule has 1 aromatic carbocycles. The second kappa shape index (κ2) is 9.66. The number of aromatic nitrogens is 4. The van der Waals surface area contributed by atoms with Crippen LogP contribution in [0, 0.1) is 6.92 Å². The number of benzene rings is 1. The van der Waals surface area contributed by atoms with E-state index in [9.17, 15) is 9.59 Å². The Morgan fingerprint density at radius 3 is 2.43 bits per heavy atom. The number of nitrogens with zero attached hydrogens (tertiary/aromatic N) is 5. The second-order valence-corrected chi connectivity index (χ2v) is 8.84. The summed E-state index contributed by atoms with van der Waals surface area (Å²) in [5, 5.41) is 12.1. The number of nitrogens with one attached hydrogen (secondary N) is 1. The van der Waals surface area contributed by atoms with Crippen molar-refractivity contribution in [3.63, 3.8) is 0 Å². The van der Waals surface area contributed by atoms with Gasteiger partial charge in [0.05, 0.1) is 11.1 Å². The van der Waals surface area contributed by atoms with Crippen LogP contribution in [-0.4, -0.2) is 38.7 Å². The number of piperidine rings is 1. The van der Waals surface area contributed by atoms with Crippen molar-refractivity contribution in [1.29, 1.82) is 0 Å². The predicted molar refractivity (Wildman–Crippen MR) is 138 cm³/mol. The number of anilines is 2. The first-order chi connectivity index (χ1) is 17.0. The lowest BCUT2D eigenvalue weighted by molar-refractivity contribution is 0.102. The van der Waals surface area contributed by atoms with E-state index in [2.05, 4.69) is 25.4 Å². The van der Waals surface area contributed by atoms with Crippen LogP contribution in [0.15, 0.2) is 59.5 Å². The summed E-state index contributed by atoms with van der Waals surface area (Å²) in [5.41, 5.74) is 3.45. The Kier molecular flexibility index (Phi) is 6.27. The van der Waals surface area contributed by atoms with Gasteiger partial charge in [-0.15, -0.1) is 10.2 Å². The van der Waals surface area contributed by atoms with Gasteiger partial charge in [0.1, 0.15) is 11.2 Å². The Hall–Kier alpha value is -4.07. The number of hydrogen-bond acceptors (Lipinski definition) is 6. The monoisotopic (exact) mass is 468 g/mol. The highest BCUT2D eigenvalue weighted by Gasteiger charge is 2.17. The van der Waals surface area contributed by atoms with E-state index in [0.29, 0.717) is 23.3 Å². The molecule has 4 heterocycles. The first-order valence-electron chi connectivity index (χ1n) is 12.0. The zero-order valence-electron chi connectivity index (χ0n) is 20.0. The number of aryl methyl sites for hydroxylation is 2. The third-order valence-corrected chi connectivity index (χ3v) is 6.41. The maximum Gasteiger partial charge on any atom is 0.261 e. The molecule has 1 aliphatic rings. The van der Waals surface area contributed by atoms with E-state index in [-0.39, 0.29) is 11.0 Å². The fourth-order valence-corrected chi connectivity index (χ4v) is 4.46. The molecule has 4 aromatic rings. The first-order valence-corrected chi connectivity index (χ1v) is 12.0. The Morgan fingerprint density at radius 1 is 0.971 bits per heavy atom. The molecule has 0 spiro atoms. The highest BCUT2D eigenvalue weighted by molar-refractivity contribution is 6.05. The molecular formula is C27H28N6O2. The van der Waals surface area contributed by atoms with Crippen LogP contribution in [0.4, 0.5) is 11.5 Å². The van der Waals surface area contributed by atoms with Gasteiger partial charge in [-0.05, 0) is 69.5 Å². The number of pyridine rings is 2. The SMILES string of the molecule is CCn1cc(C(=O)Nc2ccc(-c3ccc(N4CCCCC4)nn3)cc2)c(=O)c2ccc(C)nc21. The van der Waals surface area contributed by atoms with Crippen molar-refractivity contribution < 1.29 is 4.79 Å². The smallest absolute Gasteiger partial charge is 0.261 e. The maximum absolute atomic E-state index is 13.0. The summed E-state index contributed by atoms with van der Waals surface area (Å²) in [5.74, 6) is 0.467. The average Bonchev–Trinajstić information content (AvgIpc) is 2.90. The van der Waals surface area contributed by atoms with Crippen molar-refractivity contribution in [2.45, 2.75) is 39.7 Å². The number of fused-ring (bicyclic) bond motifs is 1. The molecule has 0 aliphatic carbocycles. The van der Waals surface area contributed by atoms with Crippen molar-refractivity contribution in [3.05, 3.63) is 76.2 Å². The zero-order valence-corrected chi connectivity index (χ0v) is 20.0. The van der Waals surface area contributed by atoms with E-state index in [1.54, 1.807) is 30.5 Å². The Labute approximate surface area is 203 Å². The third kappa shape index (κ3) is 4.64. The van der Waals surface area contributed by atoms with Crippen LogP contribution >= 0.6 is 0 Å². The summed E-state index contributed by atoms with van der Waals surface area (Å²) < 4.78 is 1.83. The molecule has 3 aromatic heterocycles. The highest BCUT2D eigenvalue weighted by atomic mass is 16.2. The molecule has 178 valence electrons. The molecule has 8 nitrogen and oxygen atoms in total. The van der Waals surface area contributed by atoms with Gasteiger partial charge in [0.2, 0.25) is 5.43 Å². The van der Waals surface area contributed by atoms with Gasteiger partial charge < -0.3 is 14.8 Å². The summed E-state index contributed by atoms with van der Waals surface area (Å²) in [6.07, 6.45) is 5.25. The highest BCUT2D eigenvalue weighted by Crippen LogP contribution is 2.22. The van der Waals surface area contributed by atoms with Crippen molar-refractivity contribution in [1.82, 2.24) is 19.7 Å². The number of rotatable bonds is 5. The fraction of sp³-hybridized carbons (Fsp3) is 0.296. The normalized spacial score (nSPS) is 13.7. The zero-order chi connectivity index (χ0) is 24.4. The Bertz CT molecular complexity index is 1420. The van der Waals surface area contributed by atoms with Crippen molar-refractivity contribution >= 4 is 28.4 Å². The molecule has 1 N–H and O–H groups in total. The molecule has 1 saturated heterocycles. The number of carbonyl (C=O) groups excluding carboxylic acids is 1. The molecule has 0 saturated carbocycles. The molecule has 1 fully saturated rings. The van der Waals surface area contributed by atoms with Crippen molar-refractivity contribution in [2.75, 3.05) is 23.3 Å². The van der Waals surface area contributed by atoms with Gasteiger partial charge in [0.15, 0.2) is 5.82 Å². The first kappa shape index (κ1) is 22.7. The van der Waals surface area contributed by atoms with Crippen LogP contribution in [0.1, 0.15) is 42.2 Å². The van der Waals surface area contributed by atoms with Gasteiger partial charge in [-0.25, -0.2) is 4.98 Å². The summed E-state index contributed by atoms with van der Waals surface area (Å²) in [7, 11) is 0. The summed E-state index contributed by atoms with van der Waals surface area (Å²) >= 11 is 0. The molecule has 0 bridgehead atoms. The Balaban J connectivity index is 1.34. The quantitative estimate of drug-likeness (QED) is 0.466. The molecule has 1 aliphatic heterocycles. The topological polar surface area (TPSA) is 93.0 Å². The number of hydrogen-bond donors (Lipinski definition) is 1. The average molecular weight is 469 g/mol. The minimum Gasteiger partial charge on any atom is -0.355 e. The molecular weight excluding hydrogens is 440 g/mol. The number of amides is 1. The van der Waals surface area contributed by atoms with Crippen LogP contribution in [-0.2, 0) is 6.54 Å². The van der Waals surface area contributed by atoms with Gasteiger partial charge in [0, 0.05) is 42.8 Å². The molecule has 0 radical (unpaired) electrons. The van der Waals surface area contributed by atoms with Gasteiger partial charge in [-0.3, -0.25) is 9.59 Å². The largest absolute Gasteiger partial charge is 0.355 e. The van der Waals surface area contributed by atoms with Gasteiger partial charge >= 0.3 is 0 Å². The molecule has 35 heavy (non-hydrogen) atoms. The van der Waals surface area contributed by atoms with Crippen LogP contribution in [0.2, 0.25) is 0 Å². The molecule has 0 atom stereocenters. The lowest BCUT2D eigenvalue weighted by atomic mass is 10.1. The number of carbonyl (C=O) groups is 1. The molecule has 0 unspecified atom stereocenters. The van der Waals surface area contributed by atoms with Crippen molar-refractivity contribution in [2.24, 2.45) is 0 Å². The van der Waals surface area contributed by atoms with Gasteiger partial charge in [-0.2, -0.15) is 0 Å². The van der Waals surface area contributed by atoms with Crippen LogP contribution in [0.3, 0.4) is 0 Å². The second-order valence-electron chi connectivity index (χ2n) is 8.84. The minimum atomic E-state index is -0.446. The van der Waals surface area contributed by atoms with E-state index >= 15 is 0 Å². The summed E-state index contributed by atoms with van der Waals surface area (Å²) in [6, 6.07) is 14.9. The molecule has 1 amide bonds. The lowest BCUT2D eigenvalue weighted by Crippen LogP contribution is -2.30. The predicted octanol–water partition coefficient (Wildman–Crippen LogP) is 4.42. The molecule has 5 rings (SSSR count). The van der Waals surface area contributed by atoms with Crippen LogP contribution in [0.25, 0.3) is 22.3 Å². The van der Waals surface area contributed by atoms with E-state index in [1.807, 2.05) is 42.7 Å². The standard InChI is InChI=1S/C27H28N6O2/c1-3-32-17-22(25(34)21-12-7-18(2)28-26(21)32)27(35)29-20-10-8-19(9-11-20)23-13-14-24(31-30-23)33-15-5-4-6-16-33/h7-14,17H,3-6,15-16H2,1-2H3,(H,29,35). The van der Waals surface area contributed by atoms with E-state index in [1.165, 1.54) is 19.3 Å². The lowest BCUT2D eigenvalue weighted by Gasteiger charge is -2.27.